The number of carbonyl (C=O) groups excluding carboxylic acids is 1. The Hall–Kier alpha value is -2.39. The number of benzene rings is 1. The van der Waals surface area contributed by atoms with Crippen LogP contribution in [0.3, 0.4) is 0 Å². The Morgan fingerprint density at radius 2 is 1.93 bits per heavy atom. The Morgan fingerprint density at radius 3 is 2.50 bits per heavy atom. The lowest BCUT2D eigenvalue weighted by atomic mass is 10.1. The molecule has 3 N–H and O–H groups in total. The highest BCUT2D eigenvalue weighted by Crippen LogP contribution is 2.21. The minimum absolute atomic E-state index is 0.0228. The Morgan fingerprint density at radius 1 is 1.29 bits per heavy atom. The van der Waals surface area contributed by atoms with E-state index in [2.05, 4.69) is 20.9 Å². The maximum Gasteiger partial charge on any atom is 0.330 e. The van der Waals surface area contributed by atoms with Crippen LogP contribution in [0.4, 0.5) is 11.5 Å². The van der Waals surface area contributed by atoms with Crippen molar-refractivity contribution in [1.29, 1.82) is 0 Å². The summed E-state index contributed by atoms with van der Waals surface area (Å²) in [4.78, 5) is 41.5. The molecule has 9 heteroatoms. The molecule has 28 heavy (non-hydrogen) atoms. The van der Waals surface area contributed by atoms with Gasteiger partial charge in [0, 0.05) is 36.8 Å². The molecule has 1 amide bonds. The molecule has 0 aliphatic carbocycles. The molecular formula is C19H25BrN4O4. The Kier molecular flexibility index (Phi) is 7.59. The summed E-state index contributed by atoms with van der Waals surface area (Å²) < 4.78 is 7.19. The van der Waals surface area contributed by atoms with Crippen molar-refractivity contribution in [1.82, 2.24) is 9.55 Å². The van der Waals surface area contributed by atoms with Gasteiger partial charge in [-0.3, -0.25) is 19.1 Å². The van der Waals surface area contributed by atoms with Crippen molar-refractivity contribution in [3.63, 3.8) is 0 Å². The maximum absolute atomic E-state index is 13.1. The lowest BCUT2D eigenvalue weighted by molar-refractivity contribution is 0.0983. The van der Waals surface area contributed by atoms with Crippen LogP contribution in [0.25, 0.3) is 0 Å². The predicted octanol–water partition coefficient (Wildman–Crippen LogP) is 2.22. The zero-order chi connectivity index (χ0) is 20.8. The van der Waals surface area contributed by atoms with Gasteiger partial charge in [-0.05, 0) is 36.6 Å². The molecule has 0 aliphatic rings. The highest BCUT2D eigenvalue weighted by atomic mass is 79.9. The molecule has 152 valence electrons. The number of H-pyrrole nitrogens is 1. The number of aromatic amines is 1. The van der Waals surface area contributed by atoms with Crippen molar-refractivity contribution in [2.24, 2.45) is 5.92 Å². The second-order valence-corrected chi connectivity index (χ2v) is 7.72. The van der Waals surface area contributed by atoms with Crippen LogP contribution >= 0.6 is 15.9 Å². The fraction of sp³-hybridized carbons (Fsp3) is 0.421. The molecule has 0 saturated heterocycles. The summed E-state index contributed by atoms with van der Waals surface area (Å²) in [5.41, 5.74) is 5.29. The normalized spacial score (nSPS) is 11.0. The number of nitrogens with two attached hydrogens (primary N) is 1. The standard InChI is InChI=1S/C19H25BrN4O4/c1-12(2)11-24-16(21)15(17(25)22-19(24)27)23(9-4-10-28-3)18(26)13-5-7-14(20)8-6-13/h5-8,12H,4,9-11,21H2,1-3H3,(H,22,25,27). The number of carbonyl (C=O) groups is 1. The summed E-state index contributed by atoms with van der Waals surface area (Å²) in [6.45, 7) is 4.82. The lowest BCUT2D eigenvalue weighted by Gasteiger charge is -2.25. The first-order valence-electron chi connectivity index (χ1n) is 8.95. The number of nitrogens with zero attached hydrogens (tertiary/aromatic N) is 2. The van der Waals surface area contributed by atoms with Gasteiger partial charge in [0.25, 0.3) is 11.5 Å². The topological polar surface area (TPSA) is 110 Å². The number of aromatic nitrogens is 2. The van der Waals surface area contributed by atoms with Gasteiger partial charge in [-0.1, -0.05) is 29.8 Å². The number of nitrogens with one attached hydrogen (secondary N) is 1. The van der Waals surface area contributed by atoms with Crippen molar-refractivity contribution in [3.8, 4) is 0 Å². The molecule has 8 nitrogen and oxygen atoms in total. The number of rotatable bonds is 8. The van der Waals surface area contributed by atoms with E-state index in [9.17, 15) is 14.4 Å². The Labute approximate surface area is 171 Å². The van der Waals surface area contributed by atoms with E-state index in [0.717, 1.165) is 4.47 Å². The van der Waals surface area contributed by atoms with E-state index in [1.165, 1.54) is 9.47 Å². The number of hydrogen-bond acceptors (Lipinski definition) is 5. The van der Waals surface area contributed by atoms with Crippen molar-refractivity contribution < 1.29 is 9.53 Å². The van der Waals surface area contributed by atoms with Gasteiger partial charge in [-0.15, -0.1) is 0 Å². The van der Waals surface area contributed by atoms with Crippen molar-refractivity contribution in [2.45, 2.75) is 26.8 Å². The SMILES string of the molecule is COCCCN(C(=O)c1ccc(Br)cc1)c1c(N)n(CC(C)C)c(=O)[nH]c1=O. The molecule has 2 aromatic rings. The van der Waals surface area contributed by atoms with Crippen LogP contribution in [0.5, 0.6) is 0 Å². The van der Waals surface area contributed by atoms with Gasteiger partial charge in [0.05, 0.1) is 0 Å². The zero-order valence-electron chi connectivity index (χ0n) is 16.2. The molecule has 0 bridgehead atoms. The first-order chi connectivity index (χ1) is 13.3. The summed E-state index contributed by atoms with van der Waals surface area (Å²) in [6.07, 6.45) is 0.501. The van der Waals surface area contributed by atoms with Crippen LogP contribution in [0, 0.1) is 5.92 Å². The maximum atomic E-state index is 13.1. The molecule has 0 unspecified atom stereocenters. The molecule has 0 spiro atoms. The van der Waals surface area contributed by atoms with Crippen LogP contribution in [-0.2, 0) is 11.3 Å². The molecule has 0 fully saturated rings. The van der Waals surface area contributed by atoms with Gasteiger partial charge in [0.1, 0.15) is 5.82 Å². The van der Waals surface area contributed by atoms with Crippen LogP contribution in [-0.4, -0.2) is 35.7 Å². The number of nitrogen functional groups attached to an aromatic ring is 1. The fourth-order valence-corrected chi connectivity index (χ4v) is 3.08. The number of methoxy groups -OCH3 is 1. The van der Waals surface area contributed by atoms with Crippen LogP contribution in [0.15, 0.2) is 38.3 Å². The van der Waals surface area contributed by atoms with Gasteiger partial charge in [0.2, 0.25) is 0 Å². The molecule has 1 heterocycles. The van der Waals surface area contributed by atoms with Crippen LogP contribution in [0.2, 0.25) is 0 Å². The van der Waals surface area contributed by atoms with Crippen molar-refractivity contribution >= 4 is 33.3 Å². The monoisotopic (exact) mass is 452 g/mol. The van der Waals surface area contributed by atoms with E-state index in [4.69, 9.17) is 10.5 Å². The van der Waals surface area contributed by atoms with E-state index in [1.807, 2.05) is 13.8 Å². The van der Waals surface area contributed by atoms with Gasteiger partial charge in [-0.25, -0.2) is 4.79 Å². The largest absolute Gasteiger partial charge is 0.385 e. The van der Waals surface area contributed by atoms with Crippen molar-refractivity contribution in [2.75, 3.05) is 30.9 Å². The highest BCUT2D eigenvalue weighted by molar-refractivity contribution is 9.10. The number of halogens is 1. The predicted molar refractivity (Wildman–Crippen MR) is 113 cm³/mol. The van der Waals surface area contributed by atoms with E-state index in [0.29, 0.717) is 25.1 Å². The first-order valence-corrected chi connectivity index (χ1v) is 9.74. The minimum atomic E-state index is -0.689. The Balaban J connectivity index is 2.56. The quantitative estimate of drug-likeness (QED) is 0.596. The molecule has 0 aliphatic heterocycles. The van der Waals surface area contributed by atoms with Gasteiger partial charge < -0.3 is 15.4 Å². The average molecular weight is 453 g/mol. The zero-order valence-corrected chi connectivity index (χ0v) is 17.8. The summed E-state index contributed by atoms with van der Waals surface area (Å²) in [5.74, 6) is -0.274. The van der Waals surface area contributed by atoms with Crippen LogP contribution in [0.1, 0.15) is 30.6 Å². The van der Waals surface area contributed by atoms with E-state index < -0.39 is 11.2 Å². The second kappa shape index (κ2) is 9.70. The molecule has 1 aromatic heterocycles. The van der Waals surface area contributed by atoms with Gasteiger partial charge in [0.15, 0.2) is 5.69 Å². The molecule has 0 atom stereocenters. The van der Waals surface area contributed by atoms with Crippen molar-refractivity contribution in [3.05, 3.63) is 55.1 Å². The van der Waals surface area contributed by atoms with Gasteiger partial charge >= 0.3 is 5.69 Å². The summed E-state index contributed by atoms with van der Waals surface area (Å²) in [6, 6.07) is 6.80. The number of ether oxygens (including phenoxy) is 1. The number of hydrogen-bond donors (Lipinski definition) is 2. The summed E-state index contributed by atoms with van der Waals surface area (Å²) in [5, 5.41) is 0. The third-order valence-corrected chi connectivity index (χ3v) is 4.63. The smallest absolute Gasteiger partial charge is 0.330 e. The third-order valence-electron chi connectivity index (χ3n) is 4.10. The highest BCUT2D eigenvalue weighted by Gasteiger charge is 2.25. The number of anilines is 2. The summed E-state index contributed by atoms with van der Waals surface area (Å²) in [7, 11) is 1.56. The van der Waals surface area contributed by atoms with E-state index in [-0.39, 0.29) is 29.9 Å². The minimum Gasteiger partial charge on any atom is -0.385 e. The molecular weight excluding hydrogens is 428 g/mol. The fourth-order valence-electron chi connectivity index (χ4n) is 2.81. The van der Waals surface area contributed by atoms with Crippen LogP contribution < -0.4 is 21.9 Å². The molecule has 0 saturated carbocycles. The summed E-state index contributed by atoms with van der Waals surface area (Å²) >= 11 is 3.34. The lowest BCUT2D eigenvalue weighted by Crippen LogP contribution is -2.42. The van der Waals surface area contributed by atoms with E-state index >= 15 is 0 Å². The average Bonchev–Trinajstić information content (AvgIpc) is 2.63. The molecule has 2 rings (SSSR count). The first kappa shape index (κ1) is 21.9. The van der Waals surface area contributed by atoms with E-state index in [1.54, 1.807) is 31.4 Å². The van der Waals surface area contributed by atoms with Gasteiger partial charge in [-0.2, -0.15) is 0 Å². The molecule has 1 aromatic carbocycles. The third kappa shape index (κ3) is 5.11. The number of amides is 1. The Bertz CT molecular complexity index is 934. The molecule has 0 radical (unpaired) electrons. The second-order valence-electron chi connectivity index (χ2n) is 6.81.